The quantitative estimate of drug-likeness (QED) is 0.574. The zero-order chi connectivity index (χ0) is 6.69. The van der Waals surface area contributed by atoms with Crippen LogP contribution in [0.4, 0.5) is 0 Å². The van der Waals surface area contributed by atoms with Crippen molar-refractivity contribution in [3.63, 3.8) is 0 Å². The Morgan fingerprint density at radius 2 is 2.67 bits per heavy atom. The number of aromatic amines is 1. The highest BCUT2D eigenvalue weighted by molar-refractivity contribution is 4.81. The first kappa shape index (κ1) is 6.22. The molecule has 0 aliphatic carbocycles. The minimum atomic E-state index is -0.349. The molecule has 0 spiro atoms. The van der Waals surface area contributed by atoms with Gasteiger partial charge in [0.1, 0.15) is 12.2 Å². The molecule has 0 amide bonds. The molecule has 0 aliphatic rings. The molecule has 0 aromatic carbocycles. The molecule has 1 aromatic heterocycles. The van der Waals surface area contributed by atoms with Crippen molar-refractivity contribution in [1.82, 2.24) is 15.2 Å². The predicted molar refractivity (Wildman–Crippen MR) is 31.8 cm³/mol. The first-order valence-electron chi connectivity index (χ1n) is 2.81. The van der Waals surface area contributed by atoms with Crippen LogP contribution in [0, 0.1) is 0 Å². The lowest BCUT2D eigenvalue weighted by Crippen LogP contribution is -2.05. The number of nitrogens with one attached hydrogen (secondary N) is 1. The van der Waals surface area contributed by atoms with Crippen LogP contribution in [-0.2, 0) is 6.42 Å². The van der Waals surface area contributed by atoms with E-state index in [1.807, 2.05) is 0 Å². The summed E-state index contributed by atoms with van der Waals surface area (Å²) in [6.45, 7) is 1.71. The molecule has 9 heavy (non-hydrogen) atoms. The van der Waals surface area contributed by atoms with Crippen molar-refractivity contribution in [3.05, 3.63) is 12.2 Å². The van der Waals surface area contributed by atoms with E-state index >= 15 is 0 Å². The van der Waals surface area contributed by atoms with Crippen molar-refractivity contribution in [1.29, 1.82) is 0 Å². The summed E-state index contributed by atoms with van der Waals surface area (Å²) in [6.07, 6.45) is 1.62. The molecule has 1 atom stereocenters. The molecular weight excluding hydrogens is 118 g/mol. The number of hydrogen-bond donors (Lipinski definition) is 2. The van der Waals surface area contributed by atoms with Crippen LogP contribution in [0.5, 0.6) is 0 Å². The maximum atomic E-state index is 8.84. The number of nitrogens with zero attached hydrogens (tertiary/aromatic N) is 2. The first-order chi connectivity index (χ1) is 4.29. The van der Waals surface area contributed by atoms with Crippen LogP contribution in [0.15, 0.2) is 6.33 Å². The molecule has 0 saturated carbocycles. The van der Waals surface area contributed by atoms with Crippen LogP contribution in [-0.4, -0.2) is 26.4 Å². The van der Waals surface area contributed by atoms with Crippen LogP contribution in [0.1, 0.15) is 12.7 Å². The highest BCUT2D eigenvalue weighted by atomic mass is 16.3. The van der Waals surface area contributed by atoms with E-state index in [-0.39, 0.29) is 6.10 Å². The van der Waals surface area contributed by atoms with Crippen molar-refractivity contribution in [2.45, 2.75) is 19.4 Å². The summed E-state index contributed by atoms with van der Waals surface area (Å²) >= 11 is 0. The van der Waals surface area contributed by atoms with Crippen molar-refractivity contribution in [2.24, 2.45) is 0 Å². The Morgan fingerprint density at radius 3 is 3.11 bits per heavy atom. The number of hydrogen-bond acceptors (Lipinski definition) is 3. The molecule has 4 heteroatoms. The summed E-state index contributed by atoms with van der Waals surface area (Å²) in [5, 5.41) is 15.1. The maximum absolute atomic E-state index is 8.84. The average molecular weight is 127 g/mol. The summed E-state index contributed by atoms with van der Waals surface area (Å²) in [5.41, 5.74) is 0. The molecule has 0 fully saturated rings. The minimum Gasteiger partial charge on any atom is -0.393 e. The number of aliphatic hydroxyl groups is 1. The normalized spacial score (nSPS) is 13.6. The lowest BCUT2D eigenvalue weighted by molar-refractivity contribution is 0.193. The number of aliphatic hydroxyl groups excluding tert-OH is 1. The molecular formula is C5H9N3O. The second-order valence-electron chi connectivity index (χ2n) is 1.99. The largest absolute Gasteiger partial charge is 0.393 e. The van der Waals surface area contributed by atoms with Gasteiger partial charge in [-0.3, -0.25) is 5.10 Å². The van der Waals surface area contributed by atoms with E-state index in [9.17, 15) is 0 Å². The zero-order valence-corrected chi connectivity index (χ0v) is 5.20. The molecule has 2 N–H and O–H groups in total. The van der Waals surface area contributed by atoms with Crippen LogP contribution in [0.3, 0.4) is 0 Å². The van der Waals surface area contributed by atoms with Crippen LogP contribution >= 0.6 is 0 Å². The van der Waals surface area contributed by atoms with E-state index in [0.717, 1.165) is 5.82 Å². The minimum absolute atomic E-state index is 0.349. The molecule has 1 heterocycles. The first-order valence-corrected chi connectivity index (χ1v) is 2.81. The van der Waals surface area contributed by atoms with E-state index < -0.39 is 0 Å². The lowest BCUT2D eigenvalue weighted by Gasteiger charge is -1.96. The van der Waals surface area contributed by atoms with Gasteiger partial charge < -0.3 is 5.11 Å². The van der Waals surface area contributed by atoms with Crippen molar-refractivity contribution in [3.8, 4) is 0 Å². The predicted octanol–water partition coefficient (Wildman–Crippen LogP) is -0.272. The molecule has 0 unspecified atom stereocenters. The van der Waals surface area contributed by atoms with Crippen molar-refractivity contribution in [2.75, 3.05) is 0 Å². The SMILES string of the molecule is C[C@@H](O)Cc1ncn[nH]1. The third kappa shape index (κ3) is 1.81. The summed E-state index contributed by atoms with van der Waals surface area (Å²) in [5.74, 6) is 0.727. The Bertz CT molecular complexity index is 159. The number of H-pyrrole nitrogens is 1. The van der Waals surface area contributed by atoms with E-state index in [1.54, 1.807) is 6.92 Å². The molecule has 0 saturated heterocycles. The summed E-state index contributed by atoms with van der Waals surface area (Å²) in [7, 11) is 0. The van der Waals surface area contributed by atoms with Gasteiger partial charge in [0.05, 0.1) is 6.10 Å². The fraction of sp³-hybridized carbons (Fsp3) is 0.600. The van der Waals surface area contributed by atoms with Gasteiger partial charge in [-0.1, -0.05) is 0 Å². The van der Waals surface area contributed by atoms with E-state index in [2.05, 4.69) is 15.2 Å². The standard InChI is InChI=1S/C5H9N3O/c1-4(9)2-5-6-3-7-8-5/h3-4,9H,2H2,1H3,(H,6,7,8)/t4-/m1/s1. The number of aromatic nitrogens is 3. The zero-order valence-electron chi connectivity index (χ0n) is 5.20. The topological polar surface area (TPSA) is 61.8 Å². The van der Waals surface area contributed by atoms with Gasteiger partial charge in [0.25, 0.3) is 0 Å². The van der Waals surface area contributed by atoms with Crippen LogP contribution in [0.25, 0.3) is 0 Å². The van der Waals surface area contributed by atoms with Gasteiger partial charge in [-0.05, 0) is 6.92 Å². The number of rotatable bonds is 2. The van der Waals surface area contributed by atoms with E-state index in [0.29, 0.717) is 6.42 Å². The molecule has 0 aliphatic heterocycles. The van der Waals surface area contributed by atoms with Crippen LogP contribution < -0.4 is 0 Å². The van der Waals surface area contributed by atoms with E-state index in [1.165, 1.54) is 6.33 Å². The summed E-state index contributed by atoms with van der Waals surface area (Å²) in [4.78, 5) is 3.83. The Balaban J connectivity index is 2.48. The monoisotopic (exact) mass is 127 g/mol. The van der Waals surface area contributed by atoms with Gasteiger partial charge >= 0.3 is 0 Å². The fourth-order valence-corrected chi connectivity index (χ4v) is 0.609. The second kappa shape index (κ2) is 2.59. The highest BCUT2D eigenvalue weighted by Gasteiger charge is 1.99. The Kier molecular flexibility index (Phi) is 1.79. The lowest BCUT2D eigenvalue weighted by atomic mass is 10.3. The molecule has 1 aromatic rings. The van der Waals surface area contributed by atoms with Crippen LogP contribution in [0.2, 0.25) is 0 Å². The fourth-order valence-electron chi connectivity index (χ4n) is 0.609. The molecule has 1 rings (SSSR count). The molecule has 0 radical (unpaired) electrons. The van der Waals surface area contributed by atoms with Gasteiger partial charge in [0.15, 0.2) is 0 Å². The second-order valence-corrected chi connectivity index (χ2v) is 1.99. The Labute approximate surface area is 52.9 Å². The van der Waals surface area contributed by atoms with Gasteiger partial charge in [0.2, 0.25) is 0 Å². The summed E-state index contributed by atoms with van der Waals surface area (Å²) in [6, 6.07) is 0. The smallest absolute Gasteiger partial charge is 0.137 e. The van der Waals surface area contributed by atoms with Gasteiger partial charge in [-0.2, -0.15) is 5.10 Å². The third-order valence-electron chi connectivity index (χ3n) is 0.954. The highest BCUT2D eigenvalue weighted by Crippen LogP contribution is 1.91. The average Bonchev–Trinajstić information content (AvgIpc) is 2.15. The summed E-state index contributed by atoms with van der Waals surface area (Å²) < 4.78 is 0. The maximum Gasteiger partial charge on any atom is 0.137 e. The van der Waals surface area contributed by atoms with Crippen molar-refractivity contribution >= 4 is 0 Å². The van der Waals surface area contributed by atoms with E-state index in [4.69, 9.17) is 5.11 Å². The van der Waals surface area contributed by atoms with Gasteiger partial charge in [-0.15, -0.1) is 0 Å². The third-order valence-corrected chi connectivity index (χ3v) is 0.954. The Morgan fingerprint density at radius 1 is 1.89 bits per heavy atom. The van der Waals surface area contributed by atoms with Gasteiger partial charge in [0, 0.05) is 6.42 Å². The molecule has 0 bridgehead atoms. The molecule has 4 nitrogen and oxygen atoms in total. The molecule has 50 valence electrons. The Hall–Kier alpha value is -0.900. The van der Waals surface area contributed by atoms with Crippen molar-refractivity contribution < 1.29 is 5.11 Å². The van der Waals surface area contributed by atoms with Gasteiger partial charge in [-0.25, -0.2) is 4.98 Å².